The summed E-state index contributed by atoms with van der Waals surface area (Å²) in [5, 5.41) is 0. The van der Waals surface area contributed by atoms with Gasteiger partial charge in [0.2, 0.25) is 0 Å². The summed E-state index contributed by atoms with van der Waals surface area (Å²) in [6.45, 7) is 0. The maximum absolute atomic E-state index is 12.6. The van der Waals surface area contributed by atoms with E-state index in [1.54, 1.807) is 12.1 Å². The fourth-order valence-electron chi connectivity index (χ4n) is 1.62. The number of halogens is 3. The molecule has 2 aromatic rings. The number of hydrogen-bond donors (Lipinski definition) is 0. The van der Waals surface area contributed by atoms with Crippen molar-refractivity contribution in [1.29, 1.82) is 0 Å². The van der Waals surface area contributed by atoms with E-state index in [-0.39, 0.29) is 11.1 Å². The van der Waals surface area contributed by atoms with Crippen LogP contribution in [0.5, 0.6) is 0 Å². The van der Waals surface area contributed by atoms with E-state index in [9.17, 15) is 18.0 Å². The number of benzene rings is 1. The number of aromatic nitrogens is 1. The minimum absolute atomic E-state index is 0.217. The number of rotatable bonds is 2. The third-order valence-corrected chi connectivity index (χ3v) is 2.50. The summed E-state index contributed by atoms with van der Waals surface area (Å²) in [7, 11) is 0. The van der Waals surface area contributed by atoms with Crippen LogP contribution in [0.15, 0.2) is 42.7 Å². The minimum atomic E-state index is -4.43. The highest BCUT2D eigenvalue weighted by Crippen LogP contribution is 2.33. The molecule has 0 fully saturated rings. The molecule has 0 unspecified atom stereocenters. The predicted octanol–water partition coefficient (Wildman–Crippen LogP) is 3.58. The number of carbonyl (C=O) groups is 1. The van der Waals surface area contributed by atoms with E-state index in [1.165, 1.54) is 18.5 Å². The Labute approximate surface area is 101 Å². The number of alkyl halides is 3. The molecule has 0 atom stereocenters. The van der Waals surface area contributed by atoms with Crippen LogP contribution in [-0.4, -0.2) is 11.3 Å². The van der Waals surface area contributed by atoms with Crippen LogP contribution < -0.4 is 0 Å². The van der Waals surface area contributed by atoms with Crippen molar-refractivity contribution in [2.75, 3.05) is 0 Å². The molecule has 5 heteroatoms. The van der Waals surface area contributed by atoms with Crippen LogP contribution in [0.25, 0.3) is 11.1 Å². The van der Waals surface area contributed by atoms with Gasteiger partial charge in [0.25, 0.3) is 0 Å². The average Bonchev–Trinajstić information content (AvgIpc) is 2.38. The minimum Gasteiger partial charge on any atom is -0.298 e. The first-order valence-corrected chi connectivity index (χ1v) is 5.09. The second kappa shape index (κ2) is 4.60. The van der Waals surface area contributed by atoms with Crippen molar-refractivity contribution < 1.29 is 18.0 Å². The summed E-state index contributed by atoms with van der Waals surface area (Å²) >= 11 is 0. The quantitative estimate of drug-likeness (QED) is 0.763. The maximum atomic E-state index is 12.6. The summed E-state index contributed by atoms with van der Waals surface area (Å²) in [4.78, 5) is 14.7. The molecular formula is C13H8F3NO. The summed E-state index contributed by atoms with van der Waals surface area (Å²) in [5.74, 6) is 0. The molecule has 1 heterocycles. The lowest BCUT2D eigenvalue weighted by Crippen LogP contribution is -2.05. The molecule has 0 saturated carbocycles. The normalized spacial score (nSPS) is 11.3. The van der Waals surface area contributed by atoms with Crippen molar-refractivity contribution in [2.45, 2.75) is 6.18 Å². The Morgan fingerprint density at radius 3 is 2.28 bits per heavy atom. The molecule has 0 N–H and O–H groups in total. The van der Waals surface area contributed by atoms with E-state index in [1.807, 2.05) is 0 Å². The standard InChI is InChI=1S/C13H8F3NO/c14-13(15,16)11-2-1-10(8-18)12(7-11)9-3-5-17-6-4-9/h1-8H. The SMILES string of the molecule is O=Cc1ccc(C(F)(F)F)cc1-c1ccncc1. The second-order valence-electron chi connectivity index (χ2n) is 3.65. The van der Waals surface area contributed by atoms with Gasteiger partial charge < -0.3 is 0 Å². The molecule has 0 amide bonds. The van der Waals surface area contributed by atoms with Gasteiger partial charge in [-0.3, -0.25) is 9.78 Å². The van der Waals surface area contributed by atoms with Gasteiger partial charge in [-0.05, 0) is 35.4 Å². The number of carbonyl (C=O) groups excluding carboxylic acids is 1. The van der Waals surface area contributed by atoms with Crippen LogP contribution in [0.4, 0.5) is 13.2 Å². The molecule has 0 radical (unpaired) electrons. The summed E-state index contributed by atoms with van der Waals surface area (Å²) in [6.07, 6.45) is -0.965. The van der Waals surface area contributed by atoms with Gasteiger partial charge in [-0.2, -0.15) is 13.2 Å². The third-order valence-electron chi connectivity index (χ3n) is 2.50. The first kappa shape index (κ1) is 12.3. The Bertz CT molecular complexity index is 564. The van der Waals surface area contributed by atoms with E-state index in [4.69, 9.17) is 0 Å². The monoisotopic (exact) mass is 251 g/mol. The molecule has 2 rings (SSSR count). The highest BCUT2D eigenvalue weighted by Gasteiger charge is 2.31. The van der Waals surface area contributed by atoms with Gasteiger partial charge in [-0.1, -0.05) is 6.07 Å². The lowest BCUT2D eigenvalue weighted by atomic mass is 9.98. The van der Waals surface area contributed by atoms with Crippen molar-refractivity contribution in [3.63, 3.8) is 0 Å². The third kappa shape index (κ3) is 2.40. The van der Waals surface area contributed by atoms with Gasteiger partial charge in [0.15, 0.2) is 6.29 Å². The van der Waals surface area contributed by atoms with Crippen molar-refractivity contribution in [3.8, 4) is 11.1 Å². The number of hydrogen-bond acceptors (Lipinski definition) is 2. The highest BCUT2D eigenvalue weighted by atomic mass is 19.4. The lowest BCUT2D eigenvalue weighted by Gasteiger charge is -2.10. The molecule has 0 bridgehead atoms. The van der Waals surface area contributed by atoms with Gasteiger partial charge in [0.1, 0.15) is 0 Å². The molecule has 18 heavy (non-hydrogen) atoms. The van der Waals surface area contributed by atoms with E-state index in [0.717, 1.165) is 12.1 Å². The van der Waals surface area contributed by atoms with Gasteiger partial charge in [0, 0.05) is 18.0 Å². The van der Waals surface area contributed by atoms with Crippen LogP contribution in [0, 0.1) is 0 Å². The second-order valence-corrected chi connectivity index (χ2v) is 3.65. The van der Waals surface area contributed by atoms with Gasteiger partial charge in [0.05, 0.1) is 5.56 Å². The van der Waals surface area contributed by atoms with Crippen LogP contribution in [0.1, 0.15) is 15.9 Å². The Morgan fingerprint density at radius 2 is 1.72 bits per heavy atom. The topological polar surface area (TPSA) is 30.0 Å². The molecule has 92 valence electrons. The van der Waals surface area contributed by atoms with E-state index in [2.05, 4.69) is 4.98 Å². The van der Waals surface area contributed by atoms with Crippen molar-refractivity contribution in [3.05, 3.63) is 53.9 Å². The lowest BCUT2D eigenvalue weighted by molar-refractivity contribution is -0.137. The van der Waals surface area contributed by atoms with E-state index in [0.29, 0.717) is 11.8 Å². The van der Waals surface area contributed by atoms with E-state index >= 15 is 0 Å². The first-order valence-electron chi connectivity index (χ1n) is 5.09. The highest BCUT2D eigenvalue weighted by molar-refractivity contribution is 5.87. The Balaban J connectivity index is 2.61. The van der Waals surface area contributed by atoms with Gasteiger partial charge in [-0.15, -0.1) is 0 Å². The average molecular weight is 251 g/mol. The number of nitrogens with zero attached hydrogens (tertiary/aromatic N) is 1. The van der Waals surface area contributed by atoms with Crippen LogP contribution >= 0.6 is 0 Å². The Morgan fingerprint density at radius 1 is 1.06 bits per heavy atom. The Hall–Kier alpha value is -2.17. The van der Waals surface area contributed by atoms with E-state index < -0.39 is 11.7 Å². The molecule has 0 aliphatic rings. The molecule has 0 saturated heterocycles. The number of pyridine rings is 1. The zero-order valence-electron chi connectivity index (χ0n) is 9.11. The molecule has 2 nitrogen and oxygen atoms in total. The fraction of sp³-hybridized carbons (Fsp3) is 0.0769. The van der Waals surface area contributed by atoms with Crippen LogP contribution in [0.2, 0.25) is 0 Å². The predicted molar refractivity (Wildman–Crippen MR) is 60.1 cm³/mol. The van der Waals surface area contributed by atoms with Crippen molar-refractivity contribution in [1.82, 2.24) is 4.98 Å². The molecular weight excluding hydrogens is 243 g/mol. The molecule has 0 aliphatic carbocycles. The summed E-state index contributed by atoms with van der Waals surface area (Å²) in [5.41, 5.74) is 0.217. The maximum Gasteiger partial charge on any atom is 0.416 e. The van der Waals surface area contributed by atoms with Crippen LogP contribution in [-0.2, 0) is 6.18 Å². The van der Waals surface area contributed by atoms with Crippen molar-refractivity contribution >= 4 is 6.29 Å². The zero-order valence-corrected chi connectivity index (χ0v) is 9.11. The Kier molecular flexibility index (Phi) is 3.14. The number of aldehydes is 1. The zero-order chi connectivity index (χ0) is 13.2. The fourth-order valence-corrected chi connectivity index (χ4v) is 1.62. The molecule has 1 aromatic carbocycles. The summed E-state index contributed by atoms with van der Waals surface area (Å²) < 4.78 is 37.9. The molecule has 0 spiro atoms. The van der Waals surface area contributed by atoms with Crippen LogP contribution in [0.3, 0.4) is 0 Å². The molecule has 1 aromatic heterocycles. The van der Waals surface area contributed by atoms with Gasteiger partial charge >= 0.3 is 6.18 Å². The first-order chi connectivity index (χ1) is 8.52. The largest absolute Gasteiger partial charge is 0.416 e. The summed E-state index contributed by atoms with van der Waals surface area (Å²) in [6, 6.07) is 6.16. The van der Waals surface area contributed by atoms with Gasteiger partial charge in [-0.25, -0.2) is 0 Å². The smallest absolute Gasteiger partial charge is 0.298 e. The molecule has 0 aliphatic heterocycles. The van der Waals surface area contributed by atoms with Crippen molar-refractivity contribution in [2.24, 2.45) is 0 Å².